The van der Waals surface area contributed by atoms with Gasteiger partial charge in [-0.1, -0.05) is 32.0 Å². The minimum atomic E-state index is -0.222. The van der Waals surface area contributed by atoms with E-state index >= 15 is 0 Å². The van der Waals surface area contributed by atoms with E-state index in [0.29, 0.717) is 12.8 Å². The largest absolute Gasteiger partial charge is 0.355 e. The van der Waals surface area contributed by atoms with Crippen molar-refractivity contribution in [3.63, 3.8) is 0 Å². The molecule has 0 bridgehead atoms. The zero-order valence-corrected chi connectivity index (χ0v) is 19.2. The highest BCUT2D eigenvalue weighted by molar-refractivity contribution is 6.03. The number of nitrogens with zero attached hydrogens (tertiary/aromatic N) is 3. The Balaban J connectivity index is 1.41. The fourth-order valence-corrected chi connectivity index (χ4v) is 4.64. The van der Waals surface area contributed by atoms with Crippen molar-refractivity contribution in [3.05, 3.63) is 68.5 Å². The number of allylic oxidation sites excluding steroid dienone is 1. The average molecular weight is 434 g/mol. The minimum Gasteiger partial charge on any atom is -0.355 e. The van der Waals surface area contributed by atoms with E-state index in [-0.39, 0.29) is 22.7 Å². The van der Waals surface area contributed by atoms with Gasteiger partial charge in [0.2, 0.25) is 0 Å². The quantitative estimate of drug-likeness (QED) is 0.655. The van der Waals surface area contributed by atoms with Gasteiger partial charge in [0.1, 0.15) is 5.82 Å². The molecule has 32 heavy (non-hydrogen) atoms. The molecule has 0 unspecified atom stereocenters. The number of Topliss-reactive ketones (excluding diaryl/α,β-unsaturated/α-hetero) is 2. The second-order valence-electron chi connectivity index (χ2n) is 8.67. The number of hydrogen-bond donors (Lipinski definition) is 0. The third-order valence-electron chi connectivity index (χ3n) is 6.63. The summed E-state index contributed by atoms with van der Waals surface area (Å²) in [5.74, 6) is 0.978. The monoisotopic (exact) mass is 433 g/mol. The third-order valence-corrected chi connectivity index (χ3v) is 6.63. The van der Waals surface area contributed by atoms with Crippen LogP contribution in [0.5, 0.6) is 0 Å². The lowest BCUT2D eigenvalue weighted by atomic mass is 9.89. The molecule has 1 saturated heterocycles. The van der Waals surface area contributed by atoms with Crippen molar-refractivity contribution in [1.29, 1.82) is 0 Å². The van der Waals surface area contributed by atoms with Gasteiger partial charge in [-0.05, 0) is 46.9 Å². The van der Waals surface area contributed by atoms with Gasteiger partial charge in [-0.25, -0.2) is 0 Å². The minimum absolute atomic E-state index is 0.116. The van der Waals surface area contributed by atoms with Gasteiger partial charge in [0.05, 0.1) is 5.56 Å². The fourth-order valence-electron chi connectivity index (χ4n) is 4.64. The van der Waals surface area contributed by atoms with Crippen LogP contribution in [0.25, 0.3) is 6.08 Å². The Morgan fingerprint density at radius 2 is 1.75 bits per heavy atom. The maximum Gasteiger partial charge on any atom is 0.262 e. The fraction of sp³-hybridized carbons (Fsp3) is 0.423. The van der Waals surface area contributed by atoms with Crippen molar-refractivity contribution in [3.8, 4) is 0 Å². The molecule has 2 heterocycles. The van der Waals surface area contributed by atoms with Crippen molar-refractivity contribution >= 4 is 23.5 Å². The van der Waals surface area contributed by atoms with Gasteiger partial charge in [0, 0.05) is 52.6 Å². The number of carbonyl (C=O) groups is 2. The van der Waals surface area contributed by atoms with E-state index < -0.39 is 0 Å². The lowest BCUT2D eigenvalue weighted by molar-refractivity contribution is -0.115. The highest BCUT2D eigenvalue weighted by Crippen LogP contribution is 2.25. The summed E-state index contributed by atoms with van der Waals surface area (Å²) in [6.07, 6.45) is 3.65. The zero-order chi connectivity index (χ0) is 22.8. The molecule has 0 amide bonds. The molecule has 1 aliphatic heterocycles. The van der Waals surface area contributed by atoms with Crippen LogP contribution in [0.4, 0.5) is 5.82 Å². The number of pyridine rings is 1. The Morgan fingerprint density at radius 1 is 1.00 bits per heavy atom. The number of aromatic nitrogens is 1. The van der Waals surface area contributed by atoms with Gasteiger partial charge in [-0.3, -0.25) is 23.9 Å². The Morgan fingerprint density at radius 3 is 2.44 bits per heavy atom. The van der Waals surface area contributed by atoms with Crippen LogP contribution in [0.3, 0.4) is 0 Å². The number of ketones is 2. The molecule has 1 fully saturated rings. The van der Waals surface area contributed by atoms with Gasteiger partial charge < -0.3 is 4.90 Å². The van der Waals surface area contributed by atoms with Crippen LogP contribution < -0.4 is 10.5 Å². The molecule has 6 nitrogen and oxygen atoms in total. The predicted octanol–water partition coefficient (Wildman–Crippen LogP) is 3.22. The summed E-state index contributed by atoms with van der Waals surface area (Å²) in [6.45, 7) is 8.07. The summed E-state index contributed by atoms with van der Waals surface area (Å²) in [5, 5.41) is 0. The van der Waals surface area contributed by atoms with Crippen LogP contribution in [0.2, 0.25) is 0 Å². The predicted molar refractivity (Wildman–Crippen MR) is 127 cm³/mol. The molecule has 0 radical (unpaired) electrons. The molecule has 4 rings (SSSR count). The number of fused-ring (bicyclic) bond motifs is 1. The van der Waals surface area contributed by atoms with Crippen molar-refractivity contribution in [2.24, 2.45) is 7.05 Å². The van der Waals surface area contributed by atoms with E-state index in [0.717, 1.165) is 56.1 Å². The standard InChI is InChI=1S/C26H31N3O3/c1-4-19-15-20-7-6-18(14-21(20)16-24(19)31)17-28-10-12-29(13-11-28)25-9-8-22(23(30)5-2)26(32)27(25)3/h6-9,14-15H,4-5,10-13,16-17H2,1-3H3. The summed E-state index contributed by atoms with van der Waals surface area (Å²) in [6, 6.07) is 10.0. The van der Waals surface area contributed by atoms with Crippen molar-refractivity contribution < 1.29 is 9.59 Å². The number of piperazine rings is 1. The summed E-state index contributed by atoms with van der Waals surface area (Å²) in [5.41, 5.74) is 4.49. The molecule has 1 aromatic heterocycles. The van der Waals surface area contributed by atoms with E-state index in [1.54, 1.807) is 24.6 Å². The molecule has 0 spiro atoms. The molecule has 2 aromatic rings. The molecular formula is C26H31N3O3. The van der Waals surface area contributed by atoms with Crippen molar-refractivity contribution in [2.45, 2.75) is 39.7 Å². The summed E-state index contributed by atoms with van der Waals surface area (Å²) in [7, 11) is 1.74. The van der Waals surface area contributed by atoms with Gasteiger partial charge in [-0.2, -0.15) is 0 Å². The van der Waals surface area contributed by atoms with Crippen LogP contribution in [0, 0.1) is 0 Å². The van der Waals surface area contributed by atoms with Crippen LogP contribution in [0.1, 0.15) is 53.7 Å². The smallest absolute Gasteiger partial charge is 0.262 e. The zero-order valence-electron chi connectivity index (χ0n) is 19.2. The summed E-state index contributed by atoms with van der Waals surface area (Å²) in [4.78, 5) is 41.4. The molecule has 1 aromatic carbocycles. The van der Waals surface area contributed by atoms with E-state index in [1.807, 2.05) is 19.1 Å². The lowest BCUT2D eigenvalue weighted by Crippen LogP contribution is -2.47. The number of anilines is 1. The van der Waals surface area contributed by atoms with Crippen molar-refractivity contribution in [1.82, 2.24) is 9.47 Å². The Bertz CT molecular complexity index is 1140. The molecule has 6 heteroatoms. The molecular weight excluding hydrogens is 402 g/mol. The van der Waals surface area contributed by atoms with Crippen LogP contribution in [-0.4, -0.2) is 47.2 Å². The number of rotatable bonds is 6. The van der Waals surface area contributed by atoms with E-state index in [4.69, 9.17) is 0 Å². The first-order valence-corrected chi connectivity index (χ1v) is 11.5. The first-order chi connectivity index (χ1) is 15.4. The SMILES string of the molecule is CCC(=O)c1ccc(N2CCN(Cc3ccc4c(c3)CC(=O)C(CC)=C4)CC2)n(C)c1=O. The average Bonchev–Trinajstić information content (AvgIpc) is 2.80. The second-order valence-corrected chi connectivity index (χ2v) is 8.67. The topological polar surface area (TPSA) is 62.6 Å². The first-order valence-electron chi connectivity index (χ1n) is 11.5. The molecule has 1 aliphatic carbocycles. The van der Waals surface area contributed by atoms with Gasteiger partial charge in [0.15, 0.2) is 11.6 Å². The Hall–Kier alpha value is -2.99. The van der Waals surface area contributed by atoms with Crippen LogP contribution >= 0.6 is 0 Å². The molecule has 0 saturated carbocycles. The van der Waals surface area contributed by atoms with E-state index in [2.05, 4.69) is 28.0 Å². The Labute approximate surface area is 189 Å². The molecule has 0 N–H and O–H groups in total. The van der Waals surface area contributed by atoms with Gasteiger partial charge in [-0.15, -0.1) is 0 Å². The number of hydrogen-bond acceptors (Lipinski definition) is 5. The van der Waals surface area contributed by atoms with Crippen LogP contribution in [0.15, 0.2) is 40.7 Å². The maximum atomic E-state index is 12.6. The normalized spacial score (nSPS) is 16.7. The highest BCUT2D eigenvalue weighted by Gasteiger charge is 2.22. The molecule has 168 valence electrons. The van der Waals surface area contributed by atoms with Gasteiger partial charge >= 0.3 is 0 Å². The first kappa shape index (κ1) is 22.2. The number of benzene rings is 1. The number of carbonyl (C=O) groups excluding carboxylic acids is 2. The third kappa shape index (κ3) is 4.32. The Kier molecular flexibility index (Phi) is 6.42. The highest BCUT2D eigenvalue weighted by atomic mass is 16.1. The van der Waals surface area contributed by atoms with Gasteiger partial charge in [0.25, 0.3) is 5.56 Å². The molecule has 2 aliphatic rings. The maximum absolute atomic E-state index is 12.6. The van der Waals surface area contributed by atoms with E-state index in [1.165, 1.54) is 11.1 Å². The van der Waals surface area contributed by atoms with Crippen LogP contribution in [-0.2, 0) is 24.8 Å². The summed E-state index contributed by atoms with van der Waals surface area (Å²) < 4.78 is 1.59. The lowest BCUT2D eigenvalue weighted by Gasteiger charge is -2.36. The van der Waals surface area contributed by atoms with E-state index in [9.17, 15) is 14.4 Å². The summed E-state index contributed by atoms with van der Waals surface area (Å²) >= 11 is 0. The second kappa shape index (κ2) is 9.25. The van der Waals surface area contributed by atoms with Crippen molar-refractivity contribution in [2.75, 3.05) is 31.1 Å². The molecule has 0 atom stereocenters.